The fourth-order valence-corrected chi connectivity index (χ4v) is 5.91. The summed E-state index contributed by atoms with van der Waals surface area (Å²) in [7, 11) is -3.61. The summed E-state index contributed by atoms with van der Waals surface area (Å²) < 4.78 is 32.9. The van der Waals surface area contributed by atoms with Gasteiger partial charge in [0, 0.05) is 42.3 Å². The highest BCUT2D eigenvalue weighted by Gasteiger charge is 2.40. The van der Waals surface area contributed by atoms with Gasteiger partial charge in [-0.15, -0.1) is 0 Å². The zero-order valence-corrected chi connectivity index (χ0v) is 20.4. The summed E-state index contributed by atoms with van der Waals surface area (Å²) in [6.45, 7) is 2.78. The van der Waals surface area contributed by atoms with E-state index < -0.39 is 16.0 Å². The van der Waals surface area contributed by atoms with E-state index in [1.54, 1.807) is 19.1 Å². The molecule has 0 aliphatic carbocycles. The summed E-state index contributed by atoms with van der Waals surface area (Å²) in [4.78, 5) is 21.0. The molecule has 0 N–H and O–H groups in total. The van der Waals surface area contributed by atoms with Crippen molar-refractivity contribution in [3.8, 4) is 0 Å². The van der Waals surface area contributed by atoms with Gasteiger partial charge in [-0.1, -0.05) is 41.9 Å². The molecule has 1 aromatic heterocycles. The largest absolute Gasteiger partial charge is 0.462 e. The number of esters is 1. The molecule has 2 heterocycles. The van der Waals surface area contributed by atoms with Gasteiger partial charge in [0.25, 0.3) is 0 Å². The topological polar surface area (TPSA) is 89.5 Å². The number of carbonyl (C=O) groups excluding carboxylic acids is 1. The zero-order chi connectivity index (χ0) is 24.2. The van der Waals surface area contributed by atoms with Crippen molar-refractivity contribution >= 4 is 27.6 Å². The normalized spacial score (nSPS) is 16.2. The van der Waals surface area contributed by atoms with Crippen LogP contribution in [0, 0.1) is 0 Å². The maximum absolute atomic E-state index is 13.2. The molecule has 1 aliphatic heterocycles. The molecule has 0 spiro atoms. The summed E-state index contributed by atoms with van der Waals surface area (Å²) in [6, 6.07) is 16.3. The van der Waals surface area contributed by atoms with E-state index in [0.717, 1.165) is 5.56 Å². The molecule has 0 unspecified atom stereocenters. The maximum atomic E-state index is 13.2. The van der Waals surface area contributed by atoms with Crippen LogP contribution in [0.15, 0.2) is 71.9 Å². The van der Waals surface area contributed by atoms with Gasteiger partial charge in [-0.25, -0.2) is 23.2 Å². The number of sulfonamides is 1. The van der Waals surface area contributed by atoms with Gasteiger partial charge < -0.3 is 4.74 Å². The maximum Gasteiger partial charge on any atom is 0.341 e. The summed E-state index contributed by atoms with van der Waals surface area (Å²) in [5.41, 5.74) is 1.11. The molecule has 0 bridgehead atoms. The average Bonchev–Trinajstić information content (AvgIpc) is 2.86. The van der Waals surface area contributed by atoms with Crippen LogP contribution in [0.4, 0.5) is 0 Å². The van der Waals surface area contributed by atoms with Crippen LogP contribution in [0.5, 0.6) is 0 Å². The lowest BCUT2D eigenvalue weighted by Gasteiger charge is -2.41. The average molecular weight is 500 g/mol. The SMILES string of the molecule is CCOC(=O)c1cnc(CC2(c3ccccc3)CCN(S(=O)(=O)c3ccc(Cl)cc3)CC2)nc1. The number of halogens is 1. The van der Waals surface area contributed by atoms with Crippen LogP contribution in [0.3, 0.4) is 0 Å². The molecule has 0 atom stereocenters. The van der Waals surface area contributed by atoms with Gasteiger partial charge in [0.15, 0.2) is 0 Å². The van der Waals surface area contributed by atoms with E-state index in [1.807, 2.05) is 18.2 Å². The fourth-order valence-electron chi connectivity index (χ4n) is 4.34. The van der Waals surface area contributed by atoms with Gasteiger partial charge >= 0.3 is 5.97 Å². The molecule has 1 saturated heterocycles. The Labute approximate surface area is 204 Å². The van der Waals surface area contributed by atoms with Crippen molar-refractivity contribution in [2.75, 3.05) is 19.7 Å². The molecule has 0 amide bonds. The van der Waals surface area contributed by atoms with E-state index in [0.29, 0.717) is 48.8 Å². The second-order valence-corrected chi connectivity index (χ2v) is 10.7. The number of nitrogens with zero attached hydrogens (tertiary/aromatic N) is 3. The van der Waals surface area contributed by atoms with Gasteiger partial charge in [0.1, 0.15) is 5.82 Å². The number of ether oxygens (including phenoxy) is 1. The third kappa shape index (κ3) is 5.14. The van der Waals surface area contributed by atoms with Crippen molar-refractivity contribution in [3.63, 3.8) is 0 Å². The van der Waals surface area contributed by atoms with Crippen LogP contribution in [0.2, 0.25) is 5.02 Å². The standard InChI is InChI=1S/C25H26ClN3O4S/c1-2-33-24(30)19-17-27-23(28-18-19)16-25(20-6-4-3-5-7-20)12-14-29(15-13-25)34(31,32)22-10-8-21(26)9-11-22/h3-11,17-18H,2,12-16H2,1H3. The number of rotatable bonds is 7. The molecule has 9 heteroatoms. The van der Waals surface area contributed by atoms with Crippen LogP contribution in [0.1, 0.15) is 41.5 Å². The van der Waals surface area contributed by atoms with Crippen LogP contribution >= 0.6 is 11.6 Å². The second-order valence-electron chi connectivity index (χ2n) is 8.29. The Bertz CT molecular complexity index is 1230. The predicted molar refractivity (Wildman–Crippen MR) is 129 cm³/mol. The van der Waals surface area contributed by atoms with Crippen LogP contribution in [0.25, 0.3) is 0 Å². The van der Waals surface area contributed by atoms with E-state index in [-0.39, 0.29) is 16.9 Å². The minimum absolute atomic E-state index is 0.238. The van der Waals surface area contributed by atoms with E-state index in [2.05, 4.69) is 22.1 Å². The van der Waals surface area contributed by atoms with Crippen molar-refractivity contribution in [1.29, 1.82) is 0 Å². The highest BCUT2D eigenvalue weighted by molar-refractivity contribution is 7.89. The molecule has 178 valence electrons. The highest BCUT2D eigenvalue weighted by Crippen LogP contribution is 2.39. The Morgan fingerprint density at radius 3 is 2.24 bits per heavy atom. The predicted octanol–water partition coefficient (Wildman–Crippen LogP) is 4.27. The van der Waals surface area contributed by atoms with E-state index in [4.69, 9.17) is 16.3 Å². The zero-order valence-electron chi connectivity index (χ0n) is 18.9. The Morgan fingerprint density at radius 1 is 1.03 bits per heavy atom. The molecular weight excluding hydrogens is 474 g/mol. The smallest absolute Gasteiger partial charge is 0.341 e. The highest BCUT2D eigenvalue weighted by atomic mass is 35.5. The summed E-state index contributed by atoms with van der Waals surface area (Å²) in [6.07, 6.45) is 4.74. The Morgan fingerprint density at radius 2 is 1.65 bits per heavy atom. The monoisotopic (exact) mass is 499 g/mol. The first-order valence-electron chi connectivity index (χ1n) is 11.1. The second kappa shape index (κ2) is 10.2. The van der Waals surface area contributed by atoms with Gasteiger partial charge in [-0.3, -0.25) is 0 Å². The number of hydrogen-bond donors (Lipinski definition) is 0. The van der Waals surface area contributed by atoms with E-state index >= 15 is 0 Å². The first-order valence-corrected chi connectivity index (χ1v) is 13.0. The van der Waals surface area contributed by atoms with Crippen molar-refractivity contribution in [1.82, 2.24) is 14.3 Å². The third-order valence-electron chi connectivity index (χ3n) is 6.23. The molecule has 3 aromatic rings. The van der Waals surface area contributed by atoms with Gasteiger partial charge in [-0.2, -0.15) is 4.31 Å². The van der Waals surface area contributed by atoms with Crippen LogP contribution in [-0.2, 0) is 26.6 Å². The van der Waals surface area contributed by atoms with E-state index in [9.17, 15) is 13.2 Å². The molecule has 0 radical (unpaired) electrons. The summed E-state index contributed by atoms with van der Waals surface area (Å²) in [5, 5.41) is 0.495. The van der Waals surface area contributed by atoms with Crippen molar-refractivity contribution in [2.45, 2.75) is 36.5 Å². The van der Waals surface area contributed by atoms with Crippen molar-refractivity contribution in [3.05, 3.63) is 89.0 Å². The number of hydrogen-bond acceptors (Lipinski definition) is 6. The molecule has 4 rings (SSSR count). The molecular formula is C25H26ClN3O4S. The minimum atomic E-state index is -3.61. The molecule has 0 saturated carbocycles. The summed E-state index contributed by atoms with van der Waals surface area (Å²) >= 11 is 5.93. The van der Waals surface area contributed by atoms with Gasteiger partial charge in [-0.05, 0) is 49.6 Å². The molecule has 7 nitrogen and oxygen atoms in total. The minimum Gasteiger partial charge on any atom is -0.462 e. The Hall–Kier alpha value is -2.81. The Balaban J connectivity index is 1.56. The van der Waals surface area contributed by atoms with Crippen molar-refractivity contribution < 1.29 is 17.9 Å². The fraction of sp³-hybridized carbons (Fsp3) is 0.320. The lowest BCUT2D eigenvalue weighted by atomic mass is 9.70. The molecule has 34 heavy (non-hydrogen) atoms. The van der Waals surface area contributed by atoms with Gasteiger partial charge in [0.05, 0.1) is 17.1 Å². The van der Waals surface area contributed by atoms with E-state index in [1.165, 1.54) is 28.8 Å². The summed E-state index contributed by atoms with van der Waals surface area (Å²) in [5.74, 6) is 0.151. The third-order valence-corrected chi connectivity index (χ3v) is 8.39. The van der Waals surface area contributed by atoms with Crippen molar-refractivity contribution in [2.24, 2.45) is 0 Å². The first-order chi connectivity index (χ1) is 16.3. The van der Waals surface area contributed by atoms with Gasteiger partial charge in [0.2, 0.25) is 10.0 Å². The lowest BCUT2D eigenvalue weighted by Crippen LogP contribution is -2.46. The lowest BCUT2D eigenvalue weighted by molar-refractivity contribution is 0.0525. The van der Waals surface area contributed by atoms with Crippen LogP contribution in [-0.4, -0.2) is 48.4 Å². The molecule has 1 fully saturated rings. The number of benzene rings is 2. The van der Waals surface area contributed by atoms with Crippen LogP contribution < -0.4 is 0 Å². The Kier molecular flexibility index (Phi) is 7.30. The quantitative estimate of drug-likeness (QED) is 0.451. The first kappa shape index (κ1) is 24.3. The molecule has 1 aliphatic rings. The number of piperidine rings is 1. The number of carbonyl (C=O) groups is 1. The molecule has 2 aromatic carbocycles. The number of aromatic nitrogens is 2.